The number of hydrogen-bond acceptors (Lipinski definition) is 4. The van der Waals surface area contributed by atoms with Gasteiger partial charge in [-0.3, -0.25) is 0 Å². The second-order valence-corrected chi connectivity index (χ2v) is 2.14. The maximum Gasteiger partial charge on any atom is 0.349 e. The van der Waals surface area contributed by atoms with Crippen LogP contribution in [0.15, 0.2) is 11.1 Å². The molecule has 0 atom stereocenters. The van der Waals surface area contributed by atoms with Crippen molar-refractivity contribution < 1.29 is 19.1 Å². The molecule has 0 bridgehead atoms. The van der Waals surface area contributed by atoms with Gasteiger partial charge in [-0.05, 0) is 6.92 Å². The van der Waals surface area contributed by atoms with E-state index in [0.717, 1.165) is 6.08 Å². The summed E-state index contributed by atoms with van der Waals surface area (Å²) >= 11 is 5.35. The van der Waals surface area contributed by atoms with E-state index in [9.17, 15) is 9.59 Å². The minimum absolute atomic E-state index is 0.237. The van der Waals surface area contributed by atoms with Crippen LogP contribution in [-0.4, -0.2) is 25.7 Å². The third-order valence-electron chi connectivity index (χ3n) is 0.912. The molecule has 68 valence electrons. The highest BCUT2D eigenvalue weighted by Crippen LogP contribution is 2.03. The van der Waals surface area contributed by atoms with Crippen LogP contribution in [-0.2, 0) is 19.1 Å². The third-order valence-corrected chi connectivity index (χ3v) is 1.17. The molecule has 5 heteroatoms. The van der Waals surface area contributed by atoms with Crippen molar-refractivity contribution in [1.29, 1.82) is 0 Å². The monoisotopic (exact) mass is 192 g/mol. The lowest BCUT2D eigenvalue weighted by atomic mass is 10.5. The lowest BCUT2D eigenvalue weighted by Crippen LogP contribution is -2.05. The van der Waals surface area contributed by atoms with Crippen molar-refractivity contribution in [2.45, 2.75) is 6.92 Å². The van der Waals surface area contributed by atoms with Gasteiger partial charge in [-0.1, -0.05) is 11.6 Å². The van der Waals surface area contributed by atoms with Crippen molar-refractivity contribution in [2.75, 3.05) is 13.7 Å². The first-order valence-corrected chi connectivity index (χ1v) is 3.61. The number of rotatable bonds is 3. The first kappa shape index (κ1) is 11.0. The van der Waals surface area contributed by atoms with E-state index in [1.807, 2.05) is 0 Å². The molecule has 4 nitrogen and oxygen atoms in total. The van der Waals surface area contributed by atoms with Crippen LogP contribution < -0.4 is 0 Å². The molecule has 0 aromatic carbocycles. The van der Waals surface area contributed by atoms with Gasteiger partial charge in [-0.2, -0.15) is 0 Å². The topological polar surface area (TPSA) is 52.6 Å². The van der Waals surface area contributed by atoms with Crippen LogP contribution in [0.4, 0.5) is 0 Å². The smallest absolute Gasteiger partial charge is 0.349 e. The molecule has 0 N–H and O–H groups in total. The summed E-state index contributed by atoms with van der Waals surface area (Å²) in [4.78, 5) is 21.3. The molecule has 0 aliphatic rings. The van der Waals surface area contributed by atoms with E-state index in [2.05, 4.69) is 9.47 Å². The van der Waals surface area contributed by atoms with Gasteiger partial charge in [0.1, 0.15) is 5.03 Å². The van der Waals surface area contributed by atoms with Crippen LogP contribution in [0, 0.1) is 0 Å². The molecule has 0 spiro atoms. The highest BCUT2D eigenvalue weighted by atomic mass is 35.5. The van der Waals surface area contributed by atoms with Gasteiger partial charge < -0.3 is 9.47 Å². The van der Waals surface area contributed by atoms with Gasteiger partial charge in [-0.25, -0.2) is 9.59 Å². The fourth-order valence-electron chi connectivity index (χ4n) is 0.444. The van der Waals surface area contributed by atoms with Crippen molar-refractivity contribution in [2.24, 2.45) is 0 Å². The highest BCUT2D eigenvalue weighted by molar-refractivity contribution is 6.42. The summed E-state index contributed by atoms with van der Waals surface area (Å²) in [6.45, 7) is 1.89. The summed E-state index contributed by atoms with van der Waals surface area (Å²) in [6, 6.07) is 0. The van der Waals surface area contributed by atoms with Crippen LogP contribution >= 0.6 is 11.6 Å². The van der Waals surface area contributed by atoms with Gasteiger partial charge in [0.25, 0.3) is 0 Å². The van der Waals surface area contributed by atoms with E-state index >= 15 is 0 Å². The maximum absolute atomic E-state index is 10.7. The molecule has 0 fully saturated rings. The molecule has 0 heterocycles. The summed E-state index contributed by atoms with van der Waals surface area (Å²) in [6.07, 6.45) is 0.872. The van der Waals surface area contributed by atoms with Crippen LogP contribution in [0.2, 0.25) is 0 Å². The molecular weight excluding hydrogens is 184 g/mol. The number of carbonyl (C=O) groups is 2. The summed E-state index contributed by atoms with van der Waals surface area (Å²) in [7, 11) is 1.17. The molecule has 0 unspecified atom stereocenters. The first-order valence-electron chi connectivity index (χ1n) is 3.24. The SMILES string of the molecule is CCOC(=O)/C=C(/Cl)C(=O)OC. The third kappa shape index (κ3) is 3.98. The Labute approximate surface area is 75.1 Å². The van der Waals surface area contributed by atoms with Gasteiger partial charge >= 0.3 is 11.9 Å². The molecule has 0 rings (SSSR count). The molecule has 0 aromatic rings. The number of carbonyl (C=O) groups excluding carboxylic acids is 2. The van der Waals surface area contributed by atoms with Crippen molar-refractivity contribution in [3.8, 4) is 0 Å². The van der Waals surface area contributed by atoms with Crippen LogP contribution in [0.3, 0.4) is 0 Å². The summed E-state index contributed by atoms with van der Waals surface area (Å²) in [5.41, 5.74) is 0. The number of esters is 2. The van der Waals surface area contributed by atoms with E-state index in [4.69, 9.17) is 11.6 Å². The molecular formula is C7H9ClO4. The van der Waals surface area contributed by atoms with Crippen molar-refractivity contribution >= 4 is 23.5 Å². The molecule has 0 saturated carbocycles. The Bertz CT molecular complexity index is 209. The first-order chi connectivity index (χ1) is 5.61. The van der Waals surface area contributed by atoms with Crippen LogP contribution in [0.25, 0.3) is 0 Å². The summed E-state index contributed by atoms with van der Waals surface area (Å²) in [5, 5.41) is -0.295. The zero-order valence-electron chi connectivity index (χ0n) is 6.80. The van der Waals surface area contributed by atoms with E-state index in [1.165, 1.54) is 7.11 Å². The molecule has 0 radical (unpaired) electrons. The van der Waals surface area contributed by atoms with E-state index in [-0.39, 0.29) is 11.6 Å². The van der Waals surface area contributed by atoms with Crippen molar-refractivity contribution in [1.82, 2.24) is 0 Å². The standard InChI is InChI=1S/C7H9ClO4/c1-3-12-6(9)4-5(8)7(10)11-2/h4H,3H2,1-2H3/b5-4+. The summed E-state index contributed by atoms with van der Waals surface area (Å²) in [5.74, 6) is -1.42. The van der Waals surface area contributed by atoms with Gasteiger partial charge in [0.05, 0.1) is 13.7 Å². The average molecular weight is 193 g/mol. The Kier molecular flexibility index (Phi) is 5.12. The van der Waals surface area contributed by atoms with E-state index in [1.54, 1.807) is 6.92 Å². The Hall–Kier alpha value is -1.03. The Balaban J connectivity index is 4.15. The molecule has 12 heavy (non-hydrogen) atoms. The Morgan fingerprint density at radius 3 is 2.50 bits per heavy atom. The second-order valence-electron chi connectivity index (χ2n) is 1.74. The second kappa shape index (κ2) is 5.60. The minimum Gasteiger partial charge on any atom is -0.465 e. The number of halogens is 1. The molecule has 0 aliphatic heterocycles. The van der Waals surface area contributed by atoms with Crippen molar-refractivity contribution in [3.63, 3.8) is 0 Å². The highest BCUT2D eigenvalue weighted by Gasteiger charge is 2.08. The zero-order valence-corrected chi connectivity index (χ0v) is 7.55. The predicted molar refractivity (Wildman–Crippen MR) is 42.6 cm³/mol. The van der Waals surface area contributed by atoms with E-state index < -0.39 is 11.9 Å². The average Bonchev–Trinajstić information content (AvgIpc) is 2.03. The normalized spacial score (nSPS) is 10.8. The Morgan fingerprint density at radius 1 is 1.50 bits per heavy atom. The maximum atomic E-state index is 10.7. The lowest BCUT2D eigenvalue weighted by molar-refractivity contribution is -0.139. The fourth-order valence-corrected chi connectivity index (χ4v) is 0.610. The van der Waals surface area contributed by atoms with Crippen LogP contribution in [0.1, 0.15) is 6.92 Å². The van der Waals surface area contributed by atoms with Gasteiger partial charge in [0.15, 0.2) is 0 Å². The quantitative estimate of drug-likeness (QED) is 0.491. The summed E-state index contributed by atoms with van der Waals surface area (Å²) < 4.78 is 8.74. The van der Waals surface area contributed by atoms with Gasteiger partial charge in [0, 0.05) is 6.08 Å². The minimum atomic E-state index is -0.760. The molecule has 0 aromatic heterocycles. The van der Waals surface area contributed by atoms with Gasteiger partial charge in [-0.15, -0.1) is 0 Å². The molecule has 0 aliphatic carbocycles. The number of hydrogen-bond donors (Lipinski definition) is 0. The molecule has 0 saturated heterocycles. The zero-order chi connectivity index (χ0) is 9.56. The number of ether oxygens (including phenoxy) is 2. The largest absolute Gasteiger partial charge is 0.465 e. The van der Waals surface area contributed by atoms with Crippen molar-refractivity contribution in [3.05, 3.63) is 11.1 Å². The van der Waals surface area contributed by atoms with E-state index in [0.29, 0.717) is 0 Å². The number of methoxy groups -OCH3 is 1. The lowest BCUT2D eigenvalue weighted by Gasteiger charge is -1.97. The fraction of sp³-hybridized carbons (Fsp3) is 0.429. The predicted octanol–water partition coefficient (Wildman–Crippen LogP) is 0.845. The Morgan fingerprint density at radius 2 is 2.08 bits per heavy atom. The van der Waals surface area contributed by atoms with Crippen LogP contribution in [0.5, 0.6) is 0 Å². The molecule has 0 amide bonds. The van der Waals surface area contributed by atoms with Gasteiger partial charge in [0.2, 0.25) is 0 Å².